The van der Waals surface area contributed by atoms with Gasteiger partial charge in [-0.15, -0.1) is 0 Å². The first kappa shape index (κ1) is 15.4. The average Bonchev–Trinajstić information content (AvgIpc) is 2.59. The van der Waals surface area contributed by atoms with Crippen molar-refractivity contribution in [3.63, 3.8) is 0 Å². The predicted molar refractivity (Wildman–Crippen MR) is 80.5 cm³/mol. The zero-order valence-electron chi connectivity index (χ0n) is 12.3. The molecule has 0 aliphatic heterocycles. The van der Waals surface area contributed by atoms with E-state index in [1.54, 1.807) is 42.5 Å². The molecule has 0 atom stereocenters. The molecule has 0 saturated heterocycles. The molecule has 0 radical (unpaired) electrons. The Hall–Kier alpha value is -3.00. The first-order valence-corrected chi connectivity index (χ1v) is 6.56. The van der Waals surface area contributed by atoms with Gasteiger partial charge in [-0.3, -0.25) is 4.79 Å². The molecule has 0 N–H and O–H groups in total. The van der Waals surface area contributed by atoms with E-state index in [9.17, 15) is 4.79 Å². The van der Waals surface area contributed by atoms with Crippen LogP contribution in [-0.2, 0) is 0 Å². The van der Waals surface area contributed by atoms with E-state index < -0.39 is 0 Å². The van der Waals surface area contributed by atoms with E-state index in [0.29, 0.717) is 28.4 Å². The minimum Gasteiger partial charge on any atom is -0.497 e. The summed E-state index contributed by atoms with van der Waals surface area (Å²) in [5.41, 5.74) is 0.934. The van der Waals surface area contributed by atoms with Gasteiger partial charge < -0.3 is 14.2 Å². The zero-order chi connectivity index (χ0) is 15.9. The fourth-order valence-electron chi connectivity index (χ4n) is 1.88. The highest BCUT2D eigenvalue weighted by atomic mass is 16.5. The summed E-state index contributed by atoms with van der Waals surface area (Å²) in [4.78, 5) is 12.3. The molecular weight excluding hydrogens is 282 g/mol. The molecule has 0 heterocycles. The topological polar surface area (TPSA) is 68.6 Å². The van der Waals surface area contributed by atoms with E-state index in [1.165, 1.54) is 14.2 Å². The van der Waals surface area contributed by atoms with Gasteiger partial charge in [0, 0.05) is 0 Å². The molecule has 2 aromatic rings. The smallest absolute Gasteiger partial charge is 0.204 e. The van der Waals surface area contributed by atoms with Gasteiger partial charge in [-0.25, -0.2) is 0 Å². The third kappa shape index (κ3) is 3.55. The number of ether oxygens (including phenoxy) is 3. The summed E-state index contributed by atoms with van der Waals surface area (Å²) in [5, 5.41) is 8.73. The van der Waals surface area contributed by atoms with E-state index in [1.807, 2.05) is 6.07 Å². The molecule has 0 amide bonds. The van der Waals surface area contributed by atoms with Crippen LogP contribution in [-0.4, -0.2) is 26.6 Å². The average molecular weight is 297 g/mol. The molecule has 0 unspecified atom stereocenters. The Kier molecular flexibility index (Phi) is 4.99. The summed E-state index contributed by atoms with van der Waals surface area (Å²) < 4.78 is 15.7. The highest BCUT2D eigenvalue weighted by molar-refractivity contribution is 6.00. The van der Waals surface area contributed by atoms with Crippen LogP contribution in [0.3, 0.4) is 0 Å². The van der Waals surface area contributed by atoms with Crippen molar-refractivity contribution in [1.29, 1.82) is 5.26 Å². The van der Waals surface area contributed by atoms with Gasteiger partial charge in [0.15, 0.2) is 6.61 Å². The van der Waals surface area contributed by atoms with Crippen molar-refractivity contribution >= 4 is 5.78 Å². The van der Waals surface area contributed by atoms with Crippen molar-refractivity contribution in [3.8, 4) is 23.3 Å². The van der Waals surface area contributed by atoms with E-state index >= 15 is 0 Å². The summed E-state index contributed by atoms with van der Waals surface area (Å²) in [5.74, 6) is 1.34. The highest BCUT2D eigenvalue weighted by Crippen LogP contribution is 2.24. The summed E-state index contributed by atoms with van der Waals surface area (Å²) in [6.45, 7) is -0.130. The maximum absolute atomic E-state index is 12.3. The van der Waals surface area contributed by atoms with E-state index in [4.69, 9.17) is 19.5 Å². The second-order valence-electron chi connectivity index (χ2n) is 4.41. The number of rotatable bonds is 6. The number of carbonyl (C=O) groups excluding carboxylic acids is 1. The van der Waals surface area contributed by atoms with Crippen LogP contribution in [0.4, 0.5) is 0 Å². The summed E-state index contributed by atoms with van der Waals surface area (Å²) in [6.07, 6.45) is 0. The van der Waals surface area contributed by atoms with Crippen LogP contribution in [0.25, 0.3) is 0 Å². The van der Waals surface area contributed by atoms with E-state index in [2.05, 4.69) is 0 Å². The molecule has 0 aliphatic carbocycles. The molecule has 0 fully saturated rings. The summed E-state index contributed by atoms with van der Waals surface area (Å²) in [7, 11) is 3.03. The molecule has 112 valence electrons. The lowest BCUT2D eigenvalue weighted by molar-refractivity contribution is 0.0918. The number of methoxy groups -OCH3 is 2. The van der Waals surface area contributed by atoms with Gasteiger partial charge in [0.05, 0.1) is 31.4 Å². The second-order valence-corrected chi connectivity index (χ2v) is 4.41. The maximum Gasteiger partial charge on any atom is 0.204 e. The Morgan fingerprint density at radius 3 is 2.32 bits per heavy atom. The van der Waals surface area contributed by atoms with Crippen molar-refractivity contribution in [2.45, 2.75) is 0 Å². The lowest BCUT2D eigenvalue weighted by atomic mass is 10.1. The largest absolute Gasteiger partial charge is 0.497 e. The lowest BCUT2D eigenvalue weighted by Crippen LogP contribution is -2.13. The first-order chi connectivity index (χ1) is 10.7. The highest BCUT2D eigenvalue weighted by Gasteiger charge is 2.14. The Balaban J connectivity index is 2.10. The number of hydrogen-bond donors (Lipinski definition) is 0. The third-order valence-electron chi connectivity index (χ3n) is 3.06. The molecule has 5 nitrogen and oxygen atoms in total. The molecule has 0 bridgehead atoms. The van der Waals surface area contributed by atoms with Crippen molar-refractivity contribution in [1.82, 2.24) is 0 Å². The fraction of sp³-hybridized carbons (Fsp3) is 0.176. The van der Waals surface area contributed by atoms with Gasteiger partial charge in [-0.05, 0) is 42.5 Å². The van der Waals surface area contributed by atoms with Crippen molar-refractivity contribution in [2.75, 3.05) is 20.8 Å². The molecule has 5 heteroatoms. The molecule has 2 rings (SSSR count). The number of Topliss-reactive ketones (excluding diaryl/α,β-unsaturated/α-hetero) is 1. The molecule has 0 spiro atoms. The zero-order valence-corrected chi connectivity index (χ0v) is 12.3. The normalized spacial score (nSPS) is 9.68. The SMILES string of the molecule is COc1ccc(OC)c(C(=O)COc2ccc(C#N)cc2)c1. The van der Waals surface area contributed by atoms with E-state index in [-0.39, 0.29) is 12.4 Å². The number of hydrogen-bond acceptors (Lipinski definition) is 5. The number of ketones is 1. The van der Waals surface area contributed by atoms with Gasteiger partial charge in [0.2, 0.25) is 5.78 Å². The van der Waals surface area contributed by atoms with Gasteiger partial charge in [-0.2, -0.15) is 5.26 Å². The lowest BCUT2D eigenvalue weighted by Gasteiger charge is -2.10. The number of nitrogens with zero attached hydrogens (tertiary/aromatic N) is 1. The standard InChI is InChI=1S/C17H15NO4/c1-20-14-7-8-17(21-2)15(9-14)16(19)11-22-13-5-3-12(10-18)4-6-13/h3-9H,11H2,1-2H3. The predicted octanol–water partition coefficient (Wildman–Crippen LogP) is 2.84. The summed E-state index contributed by atoms with van der Waals surface area (Å²) in [6, 6.07) is 13.6. The Morgan fingerprint density at radius 2 is 1.73 bits per heavy atom. The minimum absolute atomic E-state index is 0.130. The van der Waals surface area contributed by atoms with Crippen LogP contribution in [0.5, 0.6) is 17.2 Å². The quantitative estimate of drug-likeness (QED) is 0.767. The van der Waals surface area contributed by atoms with Gasteiger partial charge in [0.25, 0.3) is 0 Å². The second kappa shape index (κ2) is 7.14. The monoisotopic (exact) mass is 297 g/mol. The van der Waals surface area contributed by atoms with Crippen LogP contribution in [0.1, 0.15) is 15.9 Å². The van der Waals surface area contributed by atoms with Crippen LogP contribution in [0, 0.1) is 11.3 Å². The summed E-state index contributed by atoms with van der Waals surface area (Å²) >= 11 is 0. The molecule has 0 saturated carbocycles. The number of nitriles is 1. The van der Waals surface area contributed by atoms with Crippen LogP contribution < -0.4 is 14.2 Å². The number of carbonyl (C=O) groups is 1. The van der Waals surface area contributed by atoms with Gasteiger partial charge in [-0.1, -0.05) is 0 Å². The molecular formula is C17H15NO4. The fourth-order valence-corrected chi connectivity index (χ4v) is 1.88. The number of benzene rings is 2. The van der Waals surface area contributed by atoms with Crippen molar-refractivity contribution < 1.29 is 19.0 Å². The van der Waals surface area contributed by atoms with Crippen LogP contribution in [0.15, 0.2) is 42.5 Å². The van der Waals surface area contributed by atoms with Crippen LogP contribution >= 0.6 is 0 Å². The van der Waals surface area contributed by atoms with Crippen molar-refractivity contribution in [2.24, 2.45) is 0 Å². The third-order valence-corrected chi connectivity index (χ3v) is 3.06. The Bertz CT molecular complexity index is 702. The molecule has 0 aliphatic rings. The molecule has 22 heavy (non-hydrogen) atoms. The van der Waals surface area contributed by atoms with Gasteiger partial charge >= 0.3 is 0 Å². The minimum atomic E-state index is -0.222. The van der Waals surface area contributed by atoms with E-state index in [0.717, 1.165) is 0 Å². The van der Waals surface area contributed by atoms with Crippen molar-refractivity contribution in [3.05, 3.63) is 53.6 Å². The molecule has 2 aromatic carbocycles. The molecule has 0 aromatic heterocycles. The van der Waals surface area contributed by atoms with Crippen LogP contribution in [0.2, 0.25) is 0 Å². The van der Waals surface area contributed by atoms with Gasteiger partial charge in [0.1, 0.15) is 17.2 Å². The first-order valence-electron chi connectivity index (χ1n) is 6.56. The maximum atomic E-state index is 12.3. The Morgan fingerprint density at radius 1 is 1.05 bits per heavy atom. The Labute approximate surface area is 128 Å².